The number of aliphatic hydroxyl groups is 1. The van der Waals surface area contributed by atoms with Crippen LogP contribution < -0.4 is 11.1 Å². The summed E-state index contributed by atoms with van der Waals surface area (Å²) in [5.41, 5.74) is 8.09. The van der Waals surface area contributed by atoms with Gasteiger partial charge in [0, 0.05) is 18.4 Å². The van der Waals surface area contributed by atoms with Crippen LogP contribution in [-0.4, -0.2) is 16.0 Å². The average Bonchev–Trinajstić information content (AvgIpc) is 2.45. The number of anilines is 1. The maximum absolute atomic E-state index is 11.0. The lowest BCUT2D eigenvalue weighted by Crippen LogP contribution is -2.13. The van der Waals surface area contributed by atoms with E-state index in [0.29, 0.717) is 6.54 Å². The van der Waals surface area contributed by atoms with Crippen molar-refractivity contribution in [2.45, 2.75) is 13.2 Å². The first-order valence-electron chi connectivity index (χ1n) is 5.87. The zero-order chi connectivity index (χ0) is 13.7. The molecule has 19 heavy (non-hydrogen) atoms. The van der Waals surface area contributed by atoms with Crippen molar-refractivity contribution in [3.8, 4) is 0 Å². The Labute approximate surface area is 111 Å². The first-order chi connectivity index (χ1) is 9.19. The van der Waals surface area contributed by atoms with Gasteiger partial charge in [-0.2, -0.15) is 0 Å². The molecule has 0 saturated heterocycles. The minimum atomic E-state index is -0.550. The minimum absolute atomic E-state index is 0.0227. The molecule has 0 bridgehead atoms. The van der Waals surface area contributed by atoms with Crippen molar-refractivity contribution in [3.63, 3.8) is 0 Å². The summed E-state index contributed by atoms with van der Waals surface area (Å²) in [6.45, 7) is 0.616. The number of hydrogen-bond acceptors (Lipinski definition) is 4. The normalized spacial score (nSPS) is 10.2. The number of pyridine rings is 1. The van der Waals surface area contributed by atoms with Crippen molar-refractivity contribution in [2.75, 3.05) is 5.32 Å². The summed E-state index contributed by atoms with van der Waals surface area (Å²) < 4.78 is 0. The Balaban J connectivity index is 2.05. The molecule has 0 aliphatic carbocycles. The van der Waals surface area contributed by atoms with E-state index in [9.17, 15) is 4.79 Å². The third-order valence-electron chi connectivity index (χ3n) is 2.68. The van der Waals surface area contributed by atoms with E-state index in [0.717, 1.165) is 16.8 Å². The number of nitrogens with one attached hydrogen (secondary N) is 1. The lowest BCUT2D eigenvalue weighted by Gasteiger charge is -2.08. The van der Waals surface area contributed by atoms with E-state index in [4.69, 9.17) is 10.8 Å². The molecular formula is C14H15N3O2. The summed E-state index contributed by atoms with van der Waals surface area (Å²) in [6, 6.07) is 11.0. The molecule has 1 aromatic heterocycles. The SMILES string of the molecule is NC(=O)c1cc(NCc2cccc(CO)c2)ccn1. The number of hydrogen-bond donors (Lipinski definition) is 3. The Kier molecular flexibility index (Phi) is 4.10. The van der Waals surface area contributed by atoms with Crippen molar-refractivity contribution in [3.05, 3.63) is 59.4 Å². The fourth-order valence-corrected chi connectivity index (χ4v) is 1.72. The number of amides is 1. The van der Waals surface area contributed by atoms with Gasteiger partial charge >= 0.3 is 0 Å². The van der Waals surface area contributed by atoms with Crippen molar-refractivity contribution in [2.24, 2.45) is 5.73 Å². The summed E-state index contributed by atoms with van der Waals surface area (Å²) in [4.78, 5) is 14.9. The molecule has 0 spiro atoms. The van der Waals surface area contributed by atoms with Gasteiger partial charge in [-0.25, -0.2) is 0 Å². The fourth-order valence-electron chi connectivity index (χ4n) is 1.72. The van der Waals surface area contributed by atoms with Gasteiger partial charge in [-0.05, 0) is 23.3 Å². The molecule has 98 valence electrons. The maximum atomic E-state index is 11.0. The molecule has 1 heterocycles. The predicted molar refractivity (Wildman–Crippen MR) is 72.4 cm³/mol. The van der Waals surface area contributed by atoms with Crippen LogP contribution in [0, 0.1) is 0 Å². The van der Waals surface area contributed by atoms with Gasteiger partial charge < -0.3 is 16.2 Å². The number of nitrogens with two attached hydrogens (primary N) is 1. The molecular weight excluding hydrogens is 242 g/mol. The highest BCUT2D eigenvalue weighted by Crippen LogP contribution is 2.11. The number of aliphatic hydroxyl groups excluding tert-OH is 1. The second-order valence-electron chi connectivity index (χ2n) is 4.13. The molecule has 0 saturated carbocycles. The highest BCUT2D eigenvalue weighted by atomic mass is 16.3. The largest absolute Gasteiger partial charge is 0.392 e. The average molecular weight is 257 g/mol. The van der Waals surface area contributed by atoms with E-state index in [-0.39, 0.29) is 12.3 Å². The lowest BCUT2D eigenvalue weighted by atomic mass is 10.1. The Morgan fingerprint density at radius 2 is 2.05 bits per heavy atom. The summed E-state index contributed by atoms with van der Waals surface area (Å²) in [5.74, 6) is -0.550. The van der Waals surface area contributed by atoms with Gasteiger partial charge in [0.05, 0.1) is 6.61 Å². The van der Waals surface area contributed by atoms with Crippen LogP contribution in [0.15, 0.2) is 42.6 Å². The number of rotatable bonds is 5. The van der Waals surface area contributed by atoms with E-state index >= 15 is 0 Å². The van der Waals surface area contributed by atoms with E-state index < -0.39 is 5.91 Å². The van der Waals surface area contributed by atoms with Gasteiger partial charge in [0.25, 0.3) is 5.91 Å². The van der Waals surface area contributed by atoms with Crippen LogP contribution in [0.4, 0.5) is 5.69 Å². The van der Waals surface area contributed by atoms with Gasteiger partial charge in [-0.3, -0.25) is 9.78 Å². The van der Waals surface area contributed by atoms with Crippen molar-refractivity contribution >= 4 is 11.6 Å². The molecule has 0 aliphatic rings. The molecule has 2 rings (SSSR count). The summed E-state index contributed by atoms with van der Waals surface area (Å²) >= 11 is 0. The van der Waals surface area contributed by atoms with Crippen molar-refractivity contribution < 1.29 is 9.90 Å². The van der Waals surface area contributed by atoms with E-state index in [1.54, 1.807) is 12.1 Å². The second kappa shape index (κ2) is 5.97. The zero-order valence-electron chi connectivity index (χ0n) is 10.3. The highest BCUT2D eigenvalue weighted by Gasteiger charge is 2.02. The monoisotopic (exact) mass is 257 g/mol. The first-order valence-corrected chi connectivity index (χ1v) is 5.87. The van der Waals surface area contributed by atoms with Crippen LogP contribution in [0.2, 0.25) is 0 Å². The molecule has 2 aromatic rings. The maximum Gasteiger partial charge on any atom is 0.267 e. The van der Waals surface area contributed by atoms with Crippen LogP contribution in [0.1, 0.15) is 21.6 Å². The van der Waals surface area contributed by atoms with Gasteiger partial charge in [0.15, 0.2) is 0 Å². The van der Waals surface area contributed by atoms with Gasteiger partial charge in [0.2, 0.25) is 0 Å². The highest BCUT2D eigenvalue weighted by molar-refractivity contribution is 5.91. The molecule has 5 heteroatoms. The number of aromatic nitrogens is 1. The van der Waals surface area contributed by atoms with Crippen LogP contribution >= 0.6 is 0 Å². The second-order valence-corrected chi connectivity index (χ2v) is 4.13. The molecule has 4 N–H and O–H groups in total. The topological polar surface area (TPSA) is 88.2 Å². The number of carbonyl (C=O) groups is 1. The first kappa shape index (κ1) is 13.0. The van der Waals surface area contributed by atoms with Crippen molar-refractivity contribution in [1.29, 1.82) is 0 Å². The van der Waals surface area contributed by atoms with Crippen LogP contribution in [-0.2, 0) is 13.2 Å². The number of nitrogens with zero attached hydrogens (tertiary/aromatic N) is 1. The zero-order valence-corrected chi connectivity index (χ0v) is 10.3. The predicted octanol–water partition coefficient (Wildman–Crippen LogP) is 1.28. The van der Waals surface area contributed by atoms with Crippen LogP contribution in [0.3, 0.4) is 0 Å². The Morgan fingerprint density at radius 1 is 1.26 bits per heavy atom. The van der Waals surface area contributed by atoms with Crippen molar-refractivity contribution in [1.82, 2.24) is 4.98 Å². The van der Waals surface area contributed by atoms with E-state index in [1.807, 2.05) is 24.3 Å². The molecule has 1 amide bonds. The van der Waals surface area contributed by atoms with E-state index in [1.165, 1.54) is 6.20 Å². The summed E-state index contributed by atoms with van der Waals surface area (Å²) in [6.07, 6.45) is 1.53. The van der Waals surface area contributed by atoms with Gasteiger partial charge in [0.1, 0.15) is 5.69 Å². The molecule has 0 atom stereocenters. The Hall–Kier alpha value is -2.40. The van der Waals surface area contributed by atoms with Crippen LogP contribution in [0.5, 0.6) is 0 Å². The summed E-state index contributed by atoms with van der Waals surface area (Å²) in [5, 5.41) is 12.2. The smallest absolute Gasteiger partial charge is 0.267 e. The number of primary amides is 1. The lowest BCUT2D eigenvalue weighted by molar-refractivity contribution is 0.0995. The quantitative estimate of drug-likeness (QED) is 0.753. The third kappa shape index (κ3) is 3.53. The van der Waals surface area contributed by atoms with Gasteiger partial charge in [-0.1, -0.05) is 24.3 Å². The Bertz CT molecular complexity index is 584. The van der Waals surface area contributed by atoms with E-state index in [2.05, 4.69) is 10.3 Å². The third-order valence-corrected chi connectivity index (χ3v) is 2.68. The summed E-state index contributed by atoms with van der Waals surface area (Å²) in [7, 11) is 0. The standard InChI is InChI=1S/C14H15N3O2/c15-14(19)13-7-12(4-5-16-13)17-8-10-2-1-3-11(6-10)9-18/h1-7,18H,8-9H2,(H2,15,19)(H,16,17). The minimum Gasteiger partial charge on any atom is -0.392 e. The van der Waals surface area contributed by atoms with Gasteiger partial charge in [-0.15, -0.1) is 0 Å². The van der Waals surface area contributed by atoms with Crippen LogP contribution in [0.25, 0.3) is 0 Å². The molecule has 1 aromatic carbocycles. The number of benzene rings is 1. The molecule has 0 unspecified atom stereocenters. The molecule has 5 nitrogen and oxygen atoms in total. The molecule has 0 fully saturated rings. The Morgan fingerprint density at radius 3 is 2.79 bits per heavy atom. The fraction of sp³-hybridized carbons (Fsp3) is 0.143. The number of carbonyl (C=O) groups excluding carboxylic acids is 1. The molecule has 0 aliphatic heterocycles. The molecule has 0 radical (unpaired) electrons.